The first-order chi connectivity index (χ1) is 13.2. The lowest BCUT2D eigenvalue weighted by Crippen LogP contribution is -2.37. The third kappa shape index (κ3) is 4.10. The van der Waals surface area contributed by atoms with Crippen LogP contribution in [-0.4, -0.2) is 46.9 Å². The largest absolute Gasteiger partial charge is 0.493 e. The zero-order chi connectivity index (χ0) is 19.2. The van der Waals surface area contributed by atoms with Gasteiger partial charge in [-0.1, -0.05) is 18.2 Å². The molecule has 0 radical (unpaired) electrons. The van der Waals surface area contributed by atoms with Gasteiger partial charge in [0.05, 0.1) is 21.3 Å². The van der Waals surface area contributed by atoms with Crippen molar-refractivity contribution in [3.63, 3.8) is 0 Å². The van der Waals surface area contributed by atoms with Gasteiger partial charge in [-0.05, 0) is 36.6 Å². The van der Waals surface area contributed by atoms with Crippen molar-refractivity contribution in [2.75, 3.05) is 45.9 Å². The van der Waals surface area contributed by atoms with Gasteiger partial charge < -0.3 is 24.4 Å². The van der Waals surface area contributed by atoms with E-state index in [4.69, 9.17) is 14.2 Å². The molecule has 0 atom stereocenters. The average molecular weight is 370 g/mol. The maximum absolute atomic E-state index is 12.6. The zero-order valence-corrected chi connectivity index (χ0v) is 16.1. The Bertz CT molecular complexity index is 782. The van der Waals surface area contributed by atoms with Gasteiger partial charge >= 0.3 is 0 Å². The minimum atomic E-state index is -0.167. The predicted molar refractivity (Wildman–Crippen MR) is 105 cm³/mol. The van der Waals surface area contributed by atoms with E-state index in [9.17, 15) is 4.79 Å². The number of nitrogens with one attached hydrogen (secondary N) is 1. The van der Waals surface area contributed by atoms with E-state index in [0.717, 1.165) is 25.9 Å². The molecule has 144 valence electrons. The molecule has 0 fully saturated rings. The topological polar surface area (TPSA) is 60.0 Å². The van der Waals surface area contributed by atoms with Crippen LogP contribution in [0.5, 0.6) is 17.2 Å². The number of rotatable bonds is 7. The second-order valence-corrected chi connectivity index (χ2v) is 6.39. The fourth-order valence-corrected chi connectivity index (χ4v) is 3.46. The Morgan fingerprint density at radius 2 is 1.78 bits per heavy atom. The first-order valence-electron chi connectivity index (χ1n) is 9.09. The van der Waals surface area contributed by atoms with Gasteiger partial charge in [0.1, 0.15) is 0 Å². The van der Waals surface area contributed by atoms with Crippen LogP contribution in [0.25, 0.3) is 0 Å². The predicted octanol–water partition coefficient (Wildman–Crippen LogP) is 2.90. The first-order valence-corrected chi connectivity index (χ1v) is 9.09. The lowest BCUT2D eigenvalue weighted by atomic mass is 10.0. The molecule has 2 aromatic rings. The maximum atomic E-state index is 12.6. The SMILES string of the molecule is COc1cc(C(=O)NCCN2CCCc3ccccc32)cc(OC)c1OC. The monoisotopic (exact) mass is 370 g/mol. The molecule has 6 heteroatoms. The highest BCUT2D eigenvalue weighted by Gasteiger charge is 2.18. The molecule has 0 aliphatic carbocycles. The highest BCUT2D eigenvalue weighted by molar-refractivity contribution is 5.95. The van der Waals surface area contributed by atoms with Gasteiger partial charge in [0, 0.05) is 30.9 Å². The Labute approximate surface area is 160 Å². The van der Waals surface area contributed by atoms with E-state index in [-0.39, 0.29) is 5.91 Å². The van der Waals surface area contributed by atoms with E-state index in [1.54, 1.807) is 12.1 Å². The average Bonchev–Trinajstić information content (AvgIpc) is 2.72. The smallest absolute Gasteiger partial charge is 0.251 e. The third-order valence-electron chi connectivity index (χ3n) is 4.80. The van der Waals surface area contributed by atoms with Crippen molar-refractivity contribution in [3.8, 4) is 17.2 Å². The van der Waals surface area contributed by atoms with Gasteiger partial charge in [-0.3, -0.25) is 4.79 Å². The summed E-state index contributed by atoms with van der Waals surface area (Å²) >= 11 is 0. The molecule has 1 heterocycles. The van der Waals surface area contributed by atoms with Crippen LogP contribution in [0.1, 0.15) is 22.3 Å². The van der Waals surface area contributed by atoms with E-state index < -0.39 is 0 Å². The number of aryl methyl sites for hydroxylation is 1. The number of fused-ring (bicyclic) bond motifs is 1. The molecular formula is C21H26N2O4. The molecule has 0 unspecified atom stereocenters. The van der Waals surface area contributed by atoms with E-state index >= 15 is 0 Å². The molecule has 1 aliphatic heterocycles. The molecule has 0 spiro atoms. The van der Waals surface area contributed by atoms with Crippen molar-refractivity contribution in [2.45, 2.75) is 12.8 Å². The van der Waals surface area contributed by atoms with Crippen LogP contribution in [0, 0.1) is 0 Å². The fourth-order valence-electron chi connectivity index (χ4n) is 3.46. The van der Waals surface area contributed by atoms with Crippen LogP contribution in [0.4, 0.5) is 5.69 Å². The number of carbonyl (C=O) groups is 1. The quantitative estimate of drug-likeness (QED) is 0.812. The van der Waals surface area contributed by atoms with Crippen molar-refractivity contribution < 1.29 is 19.0 Å². The number of carbonyl (C=O) groups excluding carboxylic acids is 1. The number of anilines is 1. The number of benzene rings is 2. The Hall–Kier alpha value is -2.89. The van der Waals surface area contributed by atoms with E-state index in [1.165, 1.54) is 32.6 Å². The molecule has 1 aliphatic rings. The van der Waals surface area contributed by atoms with E-state index in [0.29, 0.717) is 29.4 Å². The third-order valence-corrected chi connectivity index (χ3v) is 4.80. The van der Waals surface area contributed by atoms with Gasteiger partial charge in [0.15, 0.2) is 11.5 Å². The second-order valence-electron chi connectivity index (χ2n) is 6.39. The minimum Gasteiger partial charge on any atom is -0.493 e. The molecule has 1 amide bonds. The van der Waals surface area contributed by atoms with Crippen molar-refractivity contribution >= 4 is 11.6 Å². The van der Waals surface area contributed by atoms with Crippen LogP contribution < -0.4 is 24.4 Å². The molecule has 0 bridgehead atoms. The number of para-hydroxylation sites is 1. The summed E-state index contributed by atoms with van der Waals surface area (Å²) in [5.41, 5.74) is 3.12. The maximum Gasteiger partial charge on any atom is 0.251 e. The summed E-state index contributed by atoms with van der Waals surface area (Å²) in [7, 11) is 4.61. The normalized spacial score (nSPS) is 12.9. The molecule has 27 heavy (non-hydrogen) atoms. The Kier molecular flexibility index (Phi) is 6.06. The first kappa shape index (κ1) is 18.9. The Morgan fingerprint density at radius 3 is 2.44 bits per heavy atom. The van der Waals surface area contributed by atoms with Crippen molar-refractivity contribution in [3.05, 3.63) is 47.5 Å². The fraction of sp³-hybridized carbons (Fsp3) is 0.381. The summed E-state index contributed by atoms with van der Waals surface area (Å²) < 4.78 is 15.9. The Morgan fingerprint density at radius 1 is 1.07 bits per heavy atom. The van der Waals surface area contributed by atoms with Crippen molar-refractivity contribution in [1.29, 1.82) is 0 Å². The van der Waals surface area contributed by atoms with Crippen LogP contribution in [-0.2, 0) is 6.42 Å². The molecule has 0 saturated heterocycles. The van der Waals surface area contributed by atoms with Crippen LogP contribution in [0.3, 0.4) is 0 Å². The van der Waals surface area contributed by atoms with Gasteiger partial charge in [0.25, 0.3) is 5.91 Å². The van der Waals surface area contributed by atoms with Crippen molar-refractivity contribution in [1.82, 2.24) is 5.32 Å². The van der Waals surface area contributed by atoms with Crippen molar-refractivity contribution in [2.24, 2.45) is 0 Å². The van der Waals surface area contributed by atoms with Crippen LogP contribution >= 0.6 is 0 Å². The van der Waals surface area contributed by atoms with Gasteiger partial charge in [-0.25, -0.2) is 0 Å². The lowest BCUT2D eigenvalue weighted by Gasteiger charge is -2.31. The standard InChI is InChI=1S/C21H26N2O4/c1-25-18-13-16(14-19(26-2)20(18)27-3)21(24)22-10-12-23-11-6-8-15-7-4-5-9-17(15)23/h4-5,7,9,13-14H,6,8,10-12H2,1-3H3,(H,22,24). The summed E-state index contributed by atoms with van der Waals surface area (Å²) in [5.74, 6) is 1.24. The molecule has 3 rings (SSSR count). The summed E-state index contributed by atoms with van der Waals surface area (Å²) in [4.78, 5) is 14.9. The van der Waals surface area contributed by atoms with Gasteiger partial charge in [0.2, 0.25) is 5.75 Å². The molecule has 2 aromatic carbocycles. The summed E-state index contributed by atoms with van der Waals surface area (Å²) in [6.45, 7) is 2.34. The number of nitrogens with zero attached hydrogens (tertiary/aromatic N) is 1. The van der Waals surface area contributed by atoms with E-state index in [1.807, 2.05) is 0 Å². The highest BCUT2D eigenvalue weighted by atomic mass is 16.5. The number of hydrogen-bond donors (Lipinski definition) is 1. The number of hydrogen-bond acceptors (Lipinski definition) is 5. The molecule has 1 N–H and O–H groups in total. The number of amides is 1. The molecule has 0 saturated carbocycles. The zero-order valence-electron chi connectivity index (χ0n) is 16.1. The summed E-state index contributed by atoms with van der Waals surface area (Å²) in [5, 5.41) is 2.98. The minimum absolute atomic E-state index is 0.167. The Balaban J connectivity index is 1.65. The van der Waals surface area contributed by atoms with Crippen LogP contribution in [0.2, 0.25) is 0 Å². The van der Waals surface area contributed by atoms with E-state index in [2.05, 4.69) is 34.5 Å². The highest BCUT2D eigenvalue weighted by Crippen LogP contribution is 2.38. The summed E-state index contributed by atoms with van der Waals surface area (Å²) in [6.07, 6.45) is 2.25. The lowest BCUT2D eigenvalue weighted by molar-refractivity contribution is 0.0953. The van der Waals surface area contributed by atoms with Crippen LogP contribution in [0.15, 0.2) is 36.4 Å². The molecule has 6 nitrogen and oxygen atoms in total. The molecular weight excluding hydrogens is 344 g/mol. The second kappa shape index (κ2) is 8.66. The van der Waals surface area contributed by atoms with Gasteiger partial charge in [-0.2, -0.15) is 0 Å². The summed E-state index contributed by atoms with van der Waals surface area (Å²) in [6, 6.07) is 11.8. The molecule has 0 aromatic heterocycles. The number of methoxy groups -OCH3 is 3. The van der Waals surface area contributed by atoms with Gasteiger partial charge in [-0.15, -0.1) is 0 Å². The number of ether oxygens (including phenoxy) is 3.